The van der Waals surface area contributed by atoms with Crippen molar-refractivity contribution < 1.29 is 118 Å². The molecule has 0 amide bonds. The van der Waals surface area contributed by atoms with Crippen molar-refractivity contribution in [3.05, 3.63) is 52.7 Å². The molecule has 4 fully saturated rings. The Morgan fingerprint density at radius 3 is 1.85 bits per heavy atom. The minimum absolute atomic E-state index is 0.00238. The van der Waals surface area contributed by atoms with Crippen LogP contribution in [0.2, 0.25) is 0 Å². The van der Waals surface area contributed by atoms with Gasteiger partial charge in [0.2, 0.25) is 6.29 Å². The van der Waals surface area contributed by atoms with Crippen LogP contribution in [-0.2, 0) is 42.7 Å². The predicted octanol–water partition coefficient (Wildman–Crippen LogP) is -4.58. The summed E-state index contributed by atoms with van der Waals surface area (Å²) >= 11 is 0. The molecule has 4 saturated heterocycles. The Bertz CT molecular complexity index is 2190. The first-order chi connectivity index (χ1) is 31.8. The van der Waals surface area contributed by atoms with Crippen LogP contribution in [0.15, 0.2) is 51.7 Å². The fourth-order valence-corrected chi connectivity index (χ4v) is 7.95. The van der Waals surface area contributed by atoms with E-state index in [2.05, 4.69) is 0 Å². The largest absolute Gasteiger partial charge is 0.507 e. The molecular weight excluding hydrogens is 904 g/mol. The third-order valence-electron chi connectivity index (χ3n) is 11.8. The van der Waals surface area contributed by atoms with Crippen molar-refractivity contribution in [2.45, 2.75) is 137 Å². The van der Waals surface area contributed by atoms with Crippen LogP contribution in [0.5, 0.6) is 17.2 Å². The molecule has 0 radical (unpaired) electrons. The summed E-state index contributed by atoms with van der Waals surface area (Å²) in [6.07, 6.45) is -36.4. The van der Waals surface area contributed by atoms with Crippen molar-refractivity contribution in [2.75, 3.05) is 26.9 Å². The molecule has 2 aromatic carbocycles. The number of carbonyl (C=O) groups is 1. The number of fused-ring (bicyclic) bond motifs is 1. The monoisotopic (exact) mass is 958 g/mol. The lowest BCUT2D eigenvalue weighted by molar-refractivity contribution is -0.390. The maximum Gasteiger partial charge on any atom is 0.302 e. The number of hydrogen-bond acceptors (Lipinski definition) is 25. The average Bonchev–Trinajstić information content (AvgIpc) is 3.31. The maximum absolute atomic E-state index is 13.6. The van der Waals surface area contributed by atoms with Crippen LogP contribution < -0.4 is 14.9 Å². The average molecular weight is 959 g/mol. The van der Waals surface area contributed by atoms with E-state index in [1.807, 2.05) is 0 Å². The second-order valence-corrected chi connectivity index (χ2v) is 16.4. The van der Waals surface area contributed by atoms with E-state index in [-0.39, 0.29) is 22.5 Å². The van der Waals surface area contributed by atoms with E-state index in [9.17, 15) is 70.9 Å². The number of aromatic hydroxyl groups is 1. The molecule has 0 saturated carbocycles. The van der Waals surface area contributed by atoms with Crippen LogP contribution >= 0.6 is 0 Å². The Labute approximate surface area is 379 Å². The molecule has 3 aromatic rings. The number of rotatable bonds is 14. The third kappa shape index (κ3) is 10.5. The molecule has 0 unspecified atom stereocenters. The van der Waals surface area contributed by atoms with Gasteiger partial charge in [-0.3, -0.25) is 9.59 Å². The molecule has 25 heteroatoms. The highest BCUT2D eigenvalue weighted by Gasteiger charge is 2.55. The van der Waals surface area contributed by atoms with Gasteiger partial charge in [-0.1, -0.05) is 0 Å². The first-order valence-electron chi connectivity index (χ1n) is 21.0. The lowest BCUT2D eigenvalue weighted by atomic mass is 9.96. The van der Waals surface area contributed by atoms with E-state index < -0.39 is 160 Å². The molecule has 25 nitrogen and oxygen atoms in total. The molecule has 0 bridgehead atoms. The smallest absolute Gasteiger partial charge is 0.302 e. The van der Waals surface area contributed by atoms with Gasteiger partial charge in [0.15, 0.2) is 41.7 Å². The highest BCUT2D eigenvalue weighted by atomic mass is 16.8. The maximum atomic E-state index is 13.6. The van der Waals surface area contributed by atoms with Crippen molar-refractivity contribution in [1.29, 1.82) is 0 Å². The summed E-state index contributed by atoms with van der Waals surface area (Å²) < 4.78 is 63.3. The van der Waals surface area contributed by atoms with Crippen LogP contribution in [0.1, 0.15) is 13.8 Å². The number of esters is 1. The Morgan fingerprint density at radius 2 is 1.21 bits per heavy atom. The van der Waals surface area contributed by atoms with Crippen LogP contribution in [0.3, 0.4) is 0 Å². The van der Waals surface area contributed by atoms with Crippen LogP contribution in [0.25, 0.3) is 22.3 Å². The van der Waals surface area contributed by atoms with E-state index in [0.717, 1.165) is 19.1 Å². The topological polar surface area (TPSA) is 382 Å². The van der Waals surface area contributed by atoms with E-state index in [0.29, 0.717) is 11.3 Å². The fourth-order valence-electron chi connectivity index (χ4n) is 7.95. The second kappa shape index (κ2) is 21.2. The summed E-state index contributed by atoms with van der Waals surface area (Å²) in [6, 6.07) is 9.74. The molecule has 0 spiro atoms. The molecule has 1 aromatic heterocycles. The van der Waals surface area contributed by atoms with Gasteiger partial charge < -0.3 is 113 Å². The van der Waals surface area contributed by atoms with E-state index in [1.54, 1.807) is 24.3 Å². The fraction of sp³-hybridized carbons (Fsp3) is 0.619. The van der Waals surface area contributed by atoms with Crippen LogP contribution in [0.4, 0.5) is 0 Å². The summed E-state index contributed by atoms with van der Waals surface area (Å²) in [5.74, 6) is -1.20. The number of hydrogen-bond donors (Lipinski definition) is 12. The van der Waals surface area contributed by atoms with Gasteiger partial charge >= 0.3 is 5.97 Å². The zero-order chi connectivity index (χ0) is 48.6. The molecule has 7 rings (SSSR count). The molecule has 4 aliphatic rings. The summed E-state index contributed by atoms with van der Waals surface area (Å²) in [7, 11) is 1.46. The van der Waals surface area contributed by atoms with Gasteiger partial charge in [-0.2, -0.15) is 0 Å². The number of phenolic OH excluding ortho intramolecular Hbond substituents is 1. The molecule has 12 N–H and O–H groups in total. The number of carbonyl (C=O) groups excluding carboxylic acids is 1. The number of methoxy groups -OCH3 is 1. The Kier molecular flexibility index (Phi) is 16.0. The number of benzene rings is 2. The van der Waals surface area contributed by atoms with E-state index in [4.69, 9.17) is 51.8 Å². The molecule has 0 aliphatic carbocycles. The van der Waals surface area contributed by atoms with Crippen molar-refractivity contribution in [3.63, 3.8) is 0 Å². The van der Waals surface area contributed by atoms with Gasteiger partial charge in [0, 0.05) is 18.6 Å². The number of ether oxygens (including phenoxy) is 10. The molecule has 20 atom stereocenters. The van der Waals surface area contributed by atoms with E-state index >= 15 is 0 Å². The lowest BCUT2D eigenvalue weighted by Gasteiger charge is -2.48. The zero-order valence-electron chi connectivity index (χ0n) is 35.9. The first-order valence-corrected chi connectivity index (χ1v) is 21.0. The lowest BCUT2D eigenvalue weighted by Crippen LogP contribution is -2.67. The summed E-state index contributed by atoms with van der Waals surface area (Å²) in [5, 5.41) is 129. The predicted molar refractivity (Wildman–Crippen MR) is 217 cm³/mol. The van der Waals surface area contributed by atoms with Gasteiger partial charge in [0.05, 0.1) is 26.4 Å². The first kappa shape index (κ1) is 50.7. The molecule has 5 heterocycles. The molecular formula is C42H54O25. The molecule has 67 heavy (non-hydrogen) atoms. The Morgan fingerprint density at radius 1 is 0.642 bits per heavy atom. The van der Waals surface area contributed by atoms with Crippen molar-refractivity contribution in [1.82, 2.24) is 0 Å². The minimum atomic E-state index is -2.13. The third-order valence-corrected chi connectivity index (χ3v) is 11.8. The second-order valence-electron chi connectivity index (χ2n) is 16.4. The zero-order valence-corrected chi connectivity index (χ0v) is 35.9. The van der Waals surface area contributed by atoms with Gasteiger partial charge in [0.25, 0.3) is 0 Å². The van der Waals surface area contributed by atoms with Crippen molar-refractivity contribution in [2.24, 2.45) is 0 Å². The number of aliphatic hydroxyl groups is 11. The summed E-state index contributed by atoms with van der Waals surface area (Å²) in [6.45, 7) is 0.155. The molecule has 372 valence electrons. The highest BCUT2D eigenvalue weighted by molar-refractivity contribution is 5.89. The van der Waals surface area contributed by atoms with Crippen LogP contribution in [0, 0.1) is 0 Å². The van der Waals surface area contributed by atoms with E-state index in [1.165, 1.54) is 20.1 Å². The summed E-state index contributed by atoms with van der Waals surface area (Å²) in [5.41, 5.74) is -0.688. The van der Waals surface area contributed by atoms with Crippen LogP contribution in [-0.4, -0.2) is 217 Å². The van der Waals surface area contributed by atoms with Gasteiger partial charge in [0.1, 0.15) is 115 Å². The van der Waals surface area contributed by atoms with Gasteiger partial charge in [-0.15, -0.1) is 0 Å². The Hall–Kier alpha value is -4.20. The van der Waals surface area contributed by atoms with Crippen molar-refractivity contribution >= 4 is 16.9 Å². The normalized spacial score (nSPS) is 39.2. The summed E-state index contributed by atoms with van der Waals surface area (Å²) in [4.78, 5) is 25.3. The standard InChI is InChI=1S/C42H54O25/c1-14-26(47)30(51)34(55)39(60-14)59-13-24-29(50)32(53)37(41(64-24)62-20-9-8-18(45)25-19(46)10-21(61-36(20)25)16-4-6-17(57-3)7-5-16)67-42-38(33(54)28(49)23(65-42)12-58-15(2)44)66-40-35(56)31(52)27(48)22(11-43)63-40/h4-10,14,22-24,26-35,37-43,45,47-56H,11-13H2,1-3H3/t14-,22+,23+,24+,26-,27+,28+,29+,30+,31-,32-,33-,34+,35+,37+,38+,39+,40-,41+,42-/m0/s1. The van der Waals surface area contributed by atoms with Gasteiger partial charge in [-0.25, -0.2) is 0 Å². The minimum Gasteiger partial charge on any atom is -0.507 e. The molecule has 4 aliphatic heterocycles. The van der Waals surface area contributed by atoms with Crippen molar-refractivity contribution in [3.8, 4) is 28.6 Å². The SMILES string of the molecule is COc1ccc(-c2cc(=O)c3c(O)ccc(O[C@@H]4O[C@H](CO[C@@H]5O[C@@H](C)[C@H](O)[C@@H](O)[C@H]5O)[C@@H](O)[C@H](O)[C@H]4O[C@@H]4O[C@H](COC(C)=O)[C@@H](O)[C@H](O)[C@H]4O[C@@H]4O[C@H](CO)[C@@H](O)[C@H](O)[C@H]4O)c3o2)cc1. The van der Waals surface area contributed by atoms with Gasteiger partial charge in [-0.05, 0) is 43.3 Å². The highest BCUT2D eigenvalue weighted by Crippen LogP contribution is 2.38. The number of aliphatic hydroxyl groups excluding tert-OH is 11. The number of phenols is 1. The Balaban J connectivity index is 1.26. The quantitative estimate of drug-likeness (QED) is 0.0677.